The molecule has 0 saturated heterocycles. The predicted molar refractivity (Wildman–Crippen MR) is 52.4 cm³/mol. The van der Waals surface area contributed by atoms with Gasteiger partial charge in [0.1, 0.15) is 11.1 Å². The number of carbonyl (C=O) groups is 1. The van der Waals surface area contributed by atoms with Crippen molar-refractivity contribution < 1.29 is 15.0 Å². The number of hydrogen-bond acceptors (Lipinski definition) is 4. The van der Waals surface area contributed by atoms with Crippen molar-refractivity contribution in [2.75, 3.05) is 0 Å². The molecule has 0 bridgehead atoms. The molecule has 1 heterocycles. The third-order valence-corrected chi connectivity index (χ3v) is 2.75. The van der Waals surface area contributed by atoms with Gasteiger partial charge in [-0.2, -0.15) is 0 Å². The average Bonchev–Trinajstić information content (AvgIpc) is 2.49. The Morgan fingerprint density at radius 3 is 2.79 bits per heavy atom. The number of aryl methyl sites for hydroxylation is 1. The summed E-state index contributed by atoms with van der Waals surface area (Å²) in [6.07, 6.45) is -2.03. The van der Waals surface area contributed by atoms with Gasteiger partial charge < -0.3 is 15.5 Å². The van der Waals surface area contributed by atoms with Crippen molar-refractivity contribution in [1.82, 2.24) is 10.3 Å². The van der Waals surface area contributed by atoms with Crippen LogP contribution in [0.5, 0.6) is 0 Å². The van der Waals surface area contributed by atoms with Crippen molar-refractivity contribution in [2.45, 2.75) is 26.0 Å². The molecule has 14 heavy (non-hydrogen) atoms. The van der Waals surface area contributed by atoms with E-state index in [1.54, 1.807) is 6.92 Å². The van der Waals surface area contributed by atoms with Crippen LogP contribution in [0.1, 0.15) is 23.7 Å². The fraction of sp³-hybridized carbons (Fsp3) is 0.500. The Morgan fingerprint density at radius 1 is 1.71 bits per heavy atom. The minimum Gasteiger partial charge on any atom is -0.465 e. The number of aromatic nitrogens is 1. The molecule has 0 saturated carbocycles. The van der Waals surface area contributed by atoms with Gasteiger partial charge in [-0.15, -0.1) is 11.3 Å². The van der Waals surface area contributed by atoms with Crippen molar-refractivity contribution in [3.8, 4) is 0 Å². The smallest absolute Gasteiger partial charge is 0.404 e. The number of carboxylic acid groups (broad SMARTS) is 1. The zero-order chi connectivity index (χ0) is 10.7. The summed E-state index contributed by atoms with van der Waals surface area (Å²) in [5, 5.41) is 22.6. The van der Waals surface area contributed by atoms with E-state index in [-0.39, 0.29) is 0 Å². The maximum Gasteiger partial charge on any atom is 0.404 e. The van der Waals surface area contributed by atoms with Crippen LogP contribution < -0.4 is 5.32 Å². The molecule has 0 aliphatic rings. The average molecular weight is 216 g/mol. The van der Waals surface area contributed by atoms with Gasteiger partial charge in [0.15, 0.2) is 0 Å². The highest BCUT2D eigenvalue weighted by molar-refractivity contribution is 7.09. The standard InChI is InChI=1S/C8H12N2O3S/c1-4-3-14-7(9-4)6(11)5(2)10-8(12)13/h3,5-6,10-11H,1-2H3,(H,12,13)/t5?,6-/m0/s1. The van der Waals surface area contributed by atoms with Gasteiger partial charge in [-0.25, -0.2) is 9.78 Å². The van der Waals surface area contributed by atoms with Crippen LogP contribution in [0.2, 0.25) is 0 Å². The van der Waals surface area contributed by atoms with Gasteiger partial charge in [-0.3, -0.25) is 0 Å². The lowest BCUT2D eigenvalue weighted by Crippen LogP contribution is -2.35. The van der Waals surface area contributed by atoms with Gasteiger partial charge in [0, 0.05) is 11.1 Å². The molecule has 0 fully saturated rings. The number of hydrogen-bond donors (Lipinski definition) is 3. The maximum atomic E-state index is 10.3. The topological polar surface area (TPSA) is 82.5 Å². The first kappa shape index (κ1) is 10.9. The lowest BCUT2D eigenvalue weighted by Gasteiger charge is -2.16. The lowest BCUT2D eigenvalue weighted by atomic mass is 10.2. The Labute approximate surface area is 85.4 Å². The number of thiazole rings is 1. The summed E-state index contributed by atoms with van der Waals surface area (Å²) in [5.74, 6) is 0. The monoisotopic (exact) mass is 216 g/mol. The third-order valence-electron chi connectivity index (χ3n) is 1.71. The molecule has 5 nitrogen and oxygen atoms in total. The summed E-state index contributed by atoms with van der Waals surface area (Å²) in [6, 6.07) is -0.557. The van der Waals surface area contributed by atoms with Crippen LogP contribution in [0, 0.1) is 6.92 Å². The van der Waals surface area contributed by atoms with E-state index >= 15 is 0 Å². The summed E-state index contributed by atoms with van der Waals surface area (Å²) >= 11 is 1.32. The van der Waals surface area contributed by atoms with Crippen molar-refractivity contribution in [1.29, 1.82) is 0 Å². The summed E-state index contributed by atoms with van der Waals surface area (Å²) < 4.78 is 0. The van der Waals surface area contributed by atoms with E-state index in [2.05, 4.69) is 10.3 Å². The SMILES string of the molecule is Cc1csc([C@@H](O)C(C)NC(=O)O)n1. The normalized spacial score (nSPS) is 14.8. The minimum absolute atomic E-state index is 0.531. The van der Waals surface area contributed by atoms with Gasteiger partial charge in [0.25, 0.3) is 0 Å². The summed E-state index contributed by atoms with van der Waals surface area (Å²) in [7, 11) is 0. The Hall–Kier alpha value is -1.14. The molecule has 0 spiro atoms. The molecule has 1 amide bonds. The van der Waals surface area contributed by atoms with E-state index in [0.717, 1.165) is 5.69 Å². The van der Waals surface area contributed by atoms with Crippen LogP contribution in [-0.4, -0.2) is 27.3 Å². The highest BCUT2D eigenvalue weighted by Gasteiger charge is 2.20. The largest absolute Gasteiger partial charge is 0.465 e. The van der Waals surface area contributed by atoms with Crippen LogP contribution >= 0.6 is 11.3 Å². The van der Waals surface area contributed by atoms with Crippen molar-refractivity contribution in [2.24, 2.45) is 0 Å². The second-order valence-corrected chi connectivity index (χ2v) is 3.90. The van der Waals surface area contributed by atoms with Crippen LogP contribution in [-0.2, 0) is 0 Å². The summed E-state index contributed by atoms with van der Waals surface area (Å²) in [6.45, 7) is 3.41. The molecule has 2 atom stereocenters. The molecule has 6 heteroatoms. The number of amides is 1. The highest BCUT2D eigenvalue weighted by Crippen LogP contribution is 2.20. The molecule has 1 rings (SSSR count). The van der Waals surface area contributed by atoms with E-state index in [9.17, 15) is 9.90 Å². The second kappa shape index (κ2) is 4.39. The number of aliphatic hydroxyl groups excluding tert-OH is 1. The molecular weight excluding hydrogens is 204 g/mol. The molecule has 0 radical (unpaired) electrons. The molecule has 78 valence electrons. The number of aliphatic hydroxyl groups is 1. The van der Waals surface area contributed by atoms with Gasteiger partial charge in [-0.05, 0) is 13.8 Å². The first-order chi connectivity index (χ1) is 6.50. The Balaban J connectivity index is 2.65. The van der Waals surface area contributed by atoms with Crippen LogP contribution in [0.4, 0.5) is 4.79 Å². The summed E-state index contributed by atoms with van der Waals surface area (Å²) in [5.41, 5.74) is 0.826. The van der Waals surface area contributed by atoms with Gasteiger partial charge in [0.2, 0.25) is 0 Å². The van der Waals surface area contributed by atoms with E-state index < -0.39 is 18.2 Å². The number of nitrogens with zero attached hydrogens (tertiary/aromatic N) is 1. The molecule has 0 aliphatic carbocycles. The molecule has 3 N–H and O–H groups in total. The maximum absolute atomic E-state index is 10.3. The van der Waals surface area contributed by atoms with Crippen LogP contribution in [0.3, 0.4) is 0 Å². The molecule has 0 aliphatic heterocycles. The van der Waals surface area contributed by atoms with Gasteiger partial charge >= 0.3 is 6.09 Å². The van der Waals surface area contributed by atoms with Gasteiger partial charge in [-0.1, -0.05) is 0 Å². The Bertz CT molecular complexity index is 326. The molecular formula is C8H12N2O3S. The van der Waals surface area contributed by atoms with Crippen LogP contribution in [0.25, 0.3) is 0 Å². The fourth-order valence-corrected chi connectivity index (χ4v) is 1.88. The van der Waals surface area contributed by atoms with Gasteiger partial charge in [0.05, 0.1) is 6.04 Å². The quantitative estimate of drug-likeness (QED) is 0.707. The predicted octanol–water partition coefficient (Wildman–Crippen LogP) is 1.14. The number of rotatable bonds is 3. The van der Waals surface area contributed by atoms with Crippen LogP contribution in [0.15, 0.2) is 5.38 Å². The molecule has 1 aromatic heterocycles. The Morgan fingerprint density at radius 2 is 2.36 bits per heavy atom. The first-order valence-electron chi connectivity index (χ1n) is 4.10. The van der Waals surface area contributed by atoms with Crippen molar-refractivity contribution in [3.05, 3.63) is 16.1 Å². The zero-order valence-corrected chi connectivity index (χ0v) is 8.71. The lowest BCUT2D eigenvalue weighted by molar-refractivity contribution is 0.127. The van der Waals surface area contributed by atoms with Crippen molar-refractivity contribution in [3.63, 3.8) is 0 Å². The van der Waals surface area contributed by atoms with E-state index in [1.165, 1.54) is 11.3 Å². The molecule has 1 unspecified atom stereocenters. The second-order valence-electron chi connectivity index (χ2n) is 3.01. The van der Waals surface area contributed by atoms with E-state index in [1.807, 2.05) is 12.3 Å². The fourth-order valence-electron chi connectivity index (χ4n) is 0.996. The highest BCUT2D eigenvalue weighted by atomic mass is 32.1. The molecule has 0 aromatic carbocycles. The number of nitrogens with one attached hydrogen (secondary N) is 1. The summed E-state index contributed by atoms with van der Waals surface area (Å²) in [4.78, 5) is 14.4. The third kappa shape index (κ3) is 2.68. The first-order valence-corrected chi connectivity index (χ1v) is 4.98. The Kier molecular flexibility index (Phi) is 3.43. The van der Waals surface area contributed by atoms with E-state index in [4.69, 9.17) is 5.11 Å². The zero-order valence-electron chi connectivity index (χ0n) is 7.89. The van der Waals surface area contributed by atoms with Crippen molar-refractivity contribution >= 4 is 17.4 Å². The van der Waals surface area contributed by atoms with E-state index in [0.29, 0.717) is 5.01 Å². The molecule has 1 aromatic rings. The minimum atomic E-state index is -1.15.